The summed E-state index contributed by atoms with van der Waals surface area (Å²) in [6.45, 7) is 0. The van der Waals surface area contributed by atoms with Crippen LogP contribution in [0, 0.1) is 0 Å². The van der Waals surface area contributed by atoms with Gasteiger partial charge in [-0.1, -0.05) is 97.1 Å². The third-order valence-electron chi connectivity index (χ3n) is 3.50. The highest BCUT2D eigenvalue weighted by Crippen LogP contribution is 2.25. The number of ketones is 1. The second kappa shape index (κ2) is 6.46. The van der Waals surface area contributed by atoms with Gasteiger partial charge in [0.05, 0.1) is 4.86 Å². The Labute approximate surface area is 135 Å². The lowest BCUT2D eigenvalue weighted by Crippen LogP contribution is -2.14. The van der Waals surface area contributed by atoms with Gasteiger partial charge in [0, 0.05) is 11.1 Å². The summed E-state index contributed by atoms with van der Waals surface area (Å²) in [5.74, 6) is -0.112. The Kier molecular flexibility index (Phi) is 4.22. The average molecular weight is 302 g/mol. The molecule has 0 unspecified atom stereocenters. The van der Waals surface area contributed by atoms with Crippen LogP contribution in [0.5, 0.6) is 0 Å². The number of hydrogen-bond acceptors (Lipinski definition) is 2. The van der Waals surface area contributed by atoms with Crippen LogP contribution in [0.1, 0.15) is 15.9 Å². The Bertz CT molecular complexity index is 807. The van der Waals surface area contributed by atoms with Crippen LogP contribution in [-0.4, -0.2) is 10.6 Å². The minimum absolute atomic E-state index is 0.112. The van der Waals surface area contributed by atoms with Crippen molar-refractivity contribution in [3.05, 3.63) is 96.1 Å². The summed E-state index contributed by atoms with van der Waals surface area (Å²) < 4.78 is 0. The van der Waals surface area contributed by atoms with E-state index in [9.17, 15) is 4.79 Å². The Hall–Kier alpha value is -2.58. The van der Waals surface area contributed by atoms with Crippen molar-refractivity contribution in [3.63, 3.8) is 0 Å². The smallest absolute Gasteiger partial charge is 0.204 e. The average Bonchev–Trinajstić information content (AvgIpc) is 2.62. The van der Waals surface area contributed by atoms with Gasteiger partial charge in [0.1, 0.15) is 0 Å². The molecule has 0 heterocycles. The first kappa shape index (κ1) is 14.4. The van der Waals surface area contributed by atoms with E-state index in [0.717, 1.165) is 16.7 Å². The van der Waals surface area contributed by atoms with Crippen molar-refractivity contribution in [1.29, 1.82) is 0 Å². The van der Waals surface area contributed by atoms with Gasteiger partial charge >= 0.3 is 0 Å². The maximum Gasteiger partial charge on any atom is 0.204 e. The molecule has 106 valence electrons. The molecule has 0 saturated carbocycles. The van der Waals surface area contributed by atoms with E-state index in [1.54, 1.807) is 12.1 Å². The summed E-state index contributed by atoms with van der Waals surface area (Å²) in [4.78, 5) is 12.9. The third-order valence-corrected chi connectivity index (χ3v) is 3.90. The molecular weight excluding hydrogens is 288 g/mol. The summed E-state index contributed by atoms with van der Waals surface area (Å²) in [7, 11) is 0. The van der Waals surface area contributed by atoms with Gasteiger partial charge < -0.3 is 0 Å². The summed E-state index contributed by atoms with van der Waals surface area (Å²) in [6, 6.07) is 26.9. The van der Waals surface area contributed by atoms with E-state index in [2.05, 4.69) is 0 Å². The molecule has 3 aromatic carbocycles. The molecule has 0 amide bonds. The lowest BCUT2D eigenvalue weighted by molar-refractivity contribution is 0.106. The van der Waals surface area contributed by atoms with Crippen molar-refractivity contribution in [3.8, 4) is 11.1 Å². The Balaban J connectivity index is 2.03. The van der Waals surface area contributed by atoms with Crippen LogP contribution in [0.25, 0.3) is 11.1 Å². The fourth-order valence-electron chi connectivity index (χ4n) is 2.39. The lowest BCUT2D eigenvalue weighted by atomic mass is 9.94. The first-order valence-corrected chi connectivity index (χ1v) is 7.47. The normalized spacial score (nSPS) is 10.2. The molecule has 3 aromatic rings. The molecule has 0 aromatic heterocycles. The van der Waals surface area contributed by atoms with Crippen LogP contribution in [0.15, 0.2) is 84.9 Å². The van der Waals surface area contributed by atoms with Gasteiger partial charge in [0.25, 0.3) is 0 Å². The monoisotopic (exact) mass is 302 g/mol. The Morgan fingerprint density at radius 1 is 0.682 bits per heavy atom. The first-order chi connectivity index (χ1) is 10.8. The van der Waals surface area contributed by atoms with Gasteiger partial charge in [-0.15, -0.1) is 0 Å². The molecule has 1 nitrogen and oxygen atoms in total. The molecule has 0 spiro atoms. The van der Waals surface area contributed by atoms with Gasteiger partial charge in [-0.2, -0.15) is 0 Å². The predicted molar refractivity (Wildman–Crippen MR) is 94.4 cm³/mol. The fourth-order valence-corrected chi connectivity index (χ4v) is 2.69. The van der Waals surface area contributed by atoms with Crippen LogP contribution >= 0.6 is 12.2 Å². The molecule has 3 rings (SSSR count). The standard InChI is InChI=1S/C20H14OS/c21-19(16-11-5-2-6-12-16)20(22)18-14-8-7-13-17(18)15-9-3-1-4-10-15/h1-14H. The van der Waals surface area contributed by atoms with Gasteiger partial charge in [-0.25, -0.2) is 0 Å². The van der Waals surface area contributed by atoms with E-state index in [1.165, 1.54) is 0 Å². The van der Waals surface area contributed by atoms with Crippen molar-refractivity contribution >= 4 is 22.9 Å². The molecule has 0 bridgehead atoms. The summed E-state index contributed by atoms with van der Waals surface area (Å²) in [6.07, 6.45) is 0. The zero-order valence-corrected chi connectivity index (χ0v) is 12.7. The molecule has 0 fully saturated rings. The largest absolute Gasteiger partial charge is 0.288 e. The Morgan fingerprint density at radius 2 is 1.23 bits per heavy atom. The van der Waals surface area contributed by atoms with E-state index >= 15 is 0 Å². The molecule has 22 heavy (non-hydrogen) atoms. The zero-order valence-electron chi connectivity index (χ0n) is 11.9. The number of benzene rings is 3. The number of thiocarbonyl (C=S) groups is 1. The molecular formula is C20H14OS. The predicted octanol–water partition coefficient (Wildman–Crippen LogP) is 4.95. The molecule has 0 N–H and O–H groups in total. The van der Waals surface area contributed by atoms with Gasteiger partial charge in [0.2, 0.25) is 5.78 Å². The highest BCUT2D eigenvalue weighted by Gasteiger charge is 2.17. The van der Waals surface area contributed by atoms with Crippen LogP contribution in [0.4, 0.5) is 0 Å². The van der Waals surface area contributed by atoms with Crippen molar-refractivity contribution in [2.24, 2.45) is 0 Å². The van der Waals surface area contributed by atoms with E-state index in [0.29, 0.717) is 10.4 Å². The molecule has 0 atom stereocenters. The van der Waals surface area contributed by atoms with Crippen molar-refractivity contribution in [2.45, 2.75) is 0 Å². The minimum atomic E-state index is -0.112. The van der Waals surface area contributed by atoms with E-state index in [1.807, 2.05) is 72.8 Å². The number of hydrogen-bond donors (Lipinski definition) is 0. The van der Waals surface area contributed by atoms with Crippen LogP contribution in [0.2, 0.25) is 0 Å². The van der Waals surface area contributed by atoms with E-state index in [-0.39, 0.29) is 5.78 Å². The Morgan fingerprint density at radius 3 is 1.91 bits per heavy atom. The highest BCUT2D eigenvalue weighted by molar-refractivity contribution is 7.82. The number of carbonyl (C=O) groups excluding carboxylic acids is 1. The molecule has 0 aliphatic carbocycles. The summed E-state index contributed by atoms with van der Waals surface area (Å²) in [5, 5.41) is 0. The lowest BCUT2D eigenvalue weighted by Gasteiger charge is -2.10. The fraction of sp³-hybridized carbons (Fsp3) is 0. The van der Waals surface area contributed by atoms with Crippen molar-refractivity contribution < 1.29 is 4.79 Å². The topological polar surface area (TPSA) is 17.1 Å². The second-order valence-electron chi connectivity index (χ2n) is 4.94. The van der Waals surface area contributed by atoms with Gasteiger partial charge in [0.15, 0.2) is 0 Å². The van der Waals surface area contributed by atoms with E-state index < -0.39 is 0 Å². The maximum absolute atomic E-state index is 12.6. The quantitative estimate of drug-likeness (QED) is 0.501. The minimum Gasteiger partial charge on any atom is -0.288 e. The van der Waals surface area contributed by atoms with Gasteiger partial charge in [-0.3, -0.25) is 4.79 Å². The number of Topliss-reactive ketones (excluding diaryl/α,β-unsaturated/α-hetero) is 1. The molecule has 0 saturated heterocycles. The summed E-state index contributed by atoms with van der Waals surface area (Å²) in [5.41, 5.74) is 3.46. The van der Waals surface area contributed by atoms with Crippen molar-refractivity contribution in [2.75, 3.05) is 0 Å². The van der Waals surface area contributed by atoms with Crippen LogP contribution in [0.3, 0.4) is 0 Å². The van der Waals surface area contributed by atoms with E-state index in [4.69, 9.17) is 12.2 Å². The highest BCUT2D eigenvalue weighted by atomic mass is 32.1. The number of rotatable bonds is 4. The first-order valence-electron chi connectivity index (χ1n) is 7.06. The molecule has 2 heteroatoms. The van der Waals surface area contributed by atoms with Crippen molar-refractivity contribution in [1.82, 2.24) is 0 Å². The zero-order chi connectivity index (χ0) is 15.4. The van der Waals surface area contributed by atoms with Crippen LogP contribution < -0.4 is 0 Å². The SMILES string of the molecule is O=C(C(=S)c1ccccc1-c1ccccc1)c1ccccc1. The van der Waals surface area contributed by atoms with Gasteiger partial charge in [-0.05, 0) is 11.1 Å². The molecule has 0 aliphatic heterocycles. The number of carbonyl (C=O) groups is 1. The van der Waals surface area contributed by atoms with Crippen LogP contribution in [-0.2, 0) is 0 Å². The molecule has 0 aliphatic rings. The third kappa shape index (κ3) is 2.87. The summed E-state index contributed by atoms with van der Waals surface area (Å²) >= 11 is 5.46. The maximum atomic E-state index is 12.6. The molecule has 0 radical (unpaired) electrons. The second-order valence-corrected chi connectivity index (χ2v) is 5.34.